The molecule has 0 aromatic heterocycles. The second-order valence-corrected chi connectivity index (χ2v) is 6.11. The van der Waals surface area contributed by atoms with Gasteiger partial charge in [0.25, 0.3) is 0 Å². The van der Waals surface area contributed by atoms with E-state index < -0.39 is 9.84 Å². The lowest BCUT2D eigenvalue weighted by Gasteiger charge is -2.09. The molecule has 86 valence electrons. The number of amides is 1. The zero-order chi connectivity index (χ0) is 11.9. The molecule has 0 fully saturated rings. The van der Waals surface area contributed by atoms with Gasteiger partial charge in [-0.15, -0.1) is 0 Å². The molecule has 0 atom stereocenters. The van der Waals surface area contributed by atoms with Gasteiger partial charge in [-0.05, 0) is 24.1 Å². The van der Waals surface area contributed by atoms with Crippen LogP contribution in [0.1, 0.15) is 12.5 Å². The van der Waals surface area contributed by atoms with Gasteiger partial charge in [0.15, 0.2) is 9.84 Å². The third kappa shape index (κ3) is 1.81. The fraction of sp³-hybridized carbons (Fsp3) is 0.300. The zero-order valence-corrected chi connectivity index (χ0v) is 10.2. The predicted octanol–water partition coefficient (Wildman–Crippen LogP) is 1.63. The van der Waals surface area contributed by atoms with Gasteiger partial charge in [0.2, 0.25) is 5.91 Å². The highest BCUT2D eigenvalue weighted by atomic mass is 35.5. The second kappa shape index (κ2) is 3.75. The Morgan fingerprint density at radius 1 is 1.44 bits per heavy atom. The van der Waals surface area contributed by atoms with E-state index in [0.29, 0.717) is 22.7 Å². The SMILES string of the molecule is CC(=O)Nc1ccc(Cl)c2c1S(=O)(=O)CC2. The quantitative estimate of drug-likeness (QED) is 0.834. The van der Waals surface area contributed by atoms with Crippen LogP contribution in [0.4, 0.5) is 5.69 Å². The van der Waals surface area contributed by atoms with Crippen LogP contribution >= 0.6 is 11.6 Å². The van der Waals surface area contributed by atoms with Crippen molar-refractivity contribution in [2.24, 2.45) is 0 Å². The molecule has 1 N–H and O–H groups in total. The van der Waals surface area contributed by atoms with Crippen molar-refractivity contribution < 1.29 is 13.2 Å². The number of fused-ring (bicyclic) bond motifs is 1. The molecular weight excluding hydrogens is 250 g/mol. The maximum Gasteiger partial charge on any atom is 0.221 e. The number of sulfone groups is 1. The first kappa shape index (κ1) is 11.4. The van der Waals surface area contributed by atoms with Crippen molar-refractivity contribution in [3.63, 3.8) is 0 Å². The maximum absolute atomic E-state index is 11.8. The van der Waals surface area contributed by atoms with Gasteiger partial charge in [0.05, 0.1) is 16.3 Å². The highest BCUT2D eigenvalue weighted by molar-refractivity contribution is 7.92. The standard InChI is InChI=1S/C10H10ClNO3S/c1-6(13)12-9-3-2-8(11)7-4-5-16(14,15)10(7)9/h2-3H,4-5H2,1H3,(H,12,13). The van der Waals surface area contributed by atoms with Crippen molar-refractivity contribution in [2.75, 3.05) is 11.1 Å². The molecule has 0 unspecified atom stereocenters. The Balaban J connectivity index is 2.66. The number of halogens is 1. The fourth-order valence-corrected chi connectivity index (χ4v) is 3.85. The van der Waals surface area contributed by atoms with E-state index in [4.69, 9.17) is 11.6 Å². The summed E-state index contributed by atoms with van der Waals surface area (Å²) in [5.74, 6) is -0.245. The third-order valence-electron chi connectivity index (χ3n) is 2.45. The average molecular weight is 260 g/mol. The van der Waals surface area contributed by atoms with E-state index in [-0.39, 0.29) is 16.6 Å². The van der Waals surface area contributed by atoms with Gasteiger partial charge >= 0.3 is 0 Å². The van der Waals surface area contributed by atoms with E-state index in [1.54, 1.807) is 6.07 Å². The van der Waals surface area contributed by atoms with Crippen LogP contribution in [0.2, 0.25) is 5.02 Å². The van der Waals surface area contributed by atoms with Crippen molar-refractivity contribution in [1.29, 1.82) is 0 Å². The summed E-state index contributed by atoms with van der Waals surface area (Å²) in [5.41, 5.74) is 0.928. The summed E-state index contributed by atoms with van der Waals surface area (Å²) in [6, 6.07) is 3.12. The van der Waals surface area contributed by atoms with Gasteiger partial charge in [0, 0.05) is 11.9 Å². The molecule has 1 heterocycles. The van der Waals surface area contributed by atoms with E-state index in [2.05, 4.69) is 5.32 Å². The highest BCUT2D eigenvalue weighted by Gasteiger charge is 2.31. The maximum atomic E-state index is 11.8. The first-order chi connectivity index (χ1) is 7.42. The van der Waals surface area contributed by atoms with Crippen LogP contribution in [-0.2, 0) is 21.1 Å². The van der Waals surface area contributed by atoms with Gasteiger partial charge in [-0.1, -0.05) is 11.6 Å². The van der Waals surface area contributed by atoms with E-state index in [1.165, 1.54) is 13.0 Å². The van der Waals surface area contributed by atoms with Crippen molar-refractivity contribution >= 4 is 33.0 Å². The Labute approximate surface area is 98.5 Å². The van der Waals surface area contributed by atoms with Crippen LogP contribution in [0.15, 0.2) is 17.0 Å². The first-order valence-corrected chi connectivity index (χ1v) is 6.76. The summed E-state index contributed by atoms with van der Waals surface area (Å²) in [4.78, 5) is 11.1. The Kier molecular flexibility index (Phi) is 2.67. The van der Waals surface area contributed by atoms with Gasteiger partial charge in [-0.3, -0.25) is 4.79 Å². The highest BCUT2D eigenvalue weighted by Crippen LogP contribution is 2.37. The smallest absolute Gasteiger partial charge is 0.221 e. The number of carbonyl (C=O) groups excluding carboxylic acids is 1. The van der Waals surface area contributed by atoms with Crippen LogP contribution in [0.3, 0.4) is 0 Å². The number of hydrogen-bond donors (Lipinski definition) is 1. The summed E-state index contributed by atoms with van der Waals surface area (Å²) < 4.78 is 23.6. The van der Waals surface area contributed by atoms with Crippen LogP contribution in [0, 0.1) is 0 Å². The number of anilines is 1. The Hall–Kier alpha value is -1.07. The van der Waals surface area contributed by atoms with E-state index in [9.17, 15) is 13.2 Å². The molecular formula is C10H10ClNO3S. The molecule has 16 heavy (non-hydrogen) atoms. The minimum absolute atomic E-state index is 0.0542. The molecule has 0 saturated carbocycles. The molecule has 4 nitrogen and oxygen atoms in total. The van der Waals surface area contributed by atoms with Crippen molar-refractivity contribution in [1.82, 2.24) is 0 Å². The molecule has 2 rings (SSSR count). The second-order valence-electron chi connectivity index (χ2n) is 3.65. The predicted molar refractivity (Wildman–Crippen MR) is 61.5 cm³/mol. The molecule has 0 aliphatic carbocycles. The van der Waals surface area contributed by atoms with E-state index in [1.807, 2.05) is 0 Å². The summed E-state index contributed by atoms with van der Waals surface area (Å²) in [6.07, 6.45) is 0.407. The van der Waals surface area contributed by atoms with Crippen LogP contribution in [0.25, 0.3) is 0 Å². The number of rotatable bonds is 1. The van der Waals surface area contributed by atoms with Gasteiger partial charge in [0.1, 0.15) is 0 Å². The number of hydrogen-bond acceptors (Lipinski definition) is 3. The zero-order valence-electron chi connectivity index (χ0n) is 8.58. The lowest BCUT2D eigenvalue weighted by Crippen LogP contribution is -2.10. The molecule has 0 radical (unpaired) electrons. The van der Waals surface area contributed by atoms with Crippen LogP contribution < -0.4 is 5.32 Å². The largest absolute Gasteiger partial charge is 0.325 e. The number of benzene rings is 1. The summed E-state index contributed by atoms with van der Waals surface area (Å²) in [5, 5.41) is 2.95. The molecule has 1 aliphatic rings. The number of nitrogens with one attached hydrogen (secondary N) is 1. The van der Waals surface area contributed by atoms with E-state index >= 15 is 0 Å². The minimum Gasteiger partial charge on any atom is -0.325 e. The lowest BCUT2D eigenvalue weighted by molar-refractivity contribution is -0.114. The average Bonchev–Trinajstić information content (AvgIpc) is 2.48. The fourth-order valence-electron chi connectivity index (χ4n) is 1.82. The van der Waals surface area contributed by atoms with Crippen molar-refractivity contribution in [3.8, 4) is 0 Å². The first-order valence-electron chi connectivity index (χ1n) is 4.73. The van der Waals surface area contributed by atoms with Gasteiger partial charge < -0.3 is 5.32 Å². The lowest BCUT2D eigenvalue weighted by atomic mass is 10.1. The van der Waals surface area contributed by atoms with Gasteiger partial charge in [-0.25, -0.2) is 8.42 Å². The molecule has 0 bridgehead atoms. The van der Waals surface area contributed by atoms with Crippen molar-refractivity contribution in [2.45, 2.75) is 18.2 Å². The normalized spacial score (nSPS) is 16.9. The molecule has 6 heteroatoms. The molecule has 0 spiro atoms. The number of carbonyl (C=O) groups is 1. The monoisotopic (exact) mass is 259 g/mol. The summed E-state index contributed by atoms with van der Waals surface area (Å²) in [6.45, 7) is 1.34. The molecule has 1 aliphatic heterocycles. The summed E-state index contributed by atoms with van der Waals surface area (Å²) in [7, 11) is -3.30. The van der Waals surface area contributed by atoms with Crippen molar-refractivity contribution in [3.05, 3.63) is 22.7 Å². The van der Waals surface area contributed by atoms with Crippen LogP contribution in [-0.4, -0.2) is 20.1 Å². The Morgan fingerprint density at radius 3 is 2.75 bits per heavy atom. The Morgan fingerprint density at radius 2 is 2.12 bits per heavy atom. The van der Waals surface area contributed by atoms with Gasteiger partial charge in [-0.2, -0.15) is 0 Å². The molecule has 1 aromatic rings. The third-order valence-corrected chi connectivity index (χ3v) is 4.63. The molecule has 1 amide bonds. The molecule has 1 aromatic carbocycles. The van der Waals surface area contributed by atoms with Crippen LogP contribution in [0.5, 0.6) is 0 Å². The Bertz CT molecular complexity index is 566. The topological polar surface area (TPSA) is 63.2 Å². The van der Waals surface area contributed by atoms with E-state index in [0.717, 1.165) is 0 Å². The summed E-state index contributed by atoms with van der Waals surface area (Å²) >= 11 is 5.93. The molecule has 0 saturated heterocycles. The minimum atomic E-state index is -3.30.